The van der Waals surface area contributed by atoms with Crippen molar-refractivity contribution in [3.05, 3.63) is 53.6 Å². The molecule has 4 heteroatoms. The maximum absolute atomic E-state index is 11.6. The minimum Gasteiger partial charge on any atom is -0.354 e. The fourth-order valence-corrected chi connectivity index (χ4v) is 1.82. The standard InChI is InChI=1S/C16H17ClN2O/c1-11(2)16(20)19-13-9-7-12(8-10-13)18-15-6-4-3-5-14(15)17/h3-11,18H,1-2H3,(H,19,20). The lowest BCUT2D eigenvalue weighted by molar-refractivity contribution is -0.118. The van der Waals surface area contributed by atoms with Crippen LogP contribution in [0.2, 0.25) is 5.02 Å². The fraction of sp³-hybridized carbons (Fsp3) is 0.188. The summed E-state index contributed by atoms with van der Waals surface area (Å²) < 4.78 is 0. The van der Waals surface area contributed by atoms with Gasteiger partial charge in [-0.1, -0.05) is 37.6 Å². The van der Waals surface area contributed by atoms with Crippen LogP contribution < -0.4 is 10.6 Å². The van der Waals surface area contributed by atoms with E-state index in [1.807, 2.05) is 62.4 Å². The van der Waals surface area contributed by atoms with Crippen LogP contribution >= 0.6 is 11.6 Å². The van der Waals surface area contributed by atoms with E-state index in [9.17, 15) is 4.79 Å². The molecule has 0 saturated heterocycles. The number of carbonyl (C=O) groups excluding carboxylic acids is 1. The van der Waals surface area contributed by atoms with Crippen LogP contribution in [-0.4, -0.2) is 5.91 Å². The van der Waals surface area contributed by atoms with E-state index in [0.717, 1.165) is 17.1 Å². The van der Waals surface area contributed by atoms with E-state index >= 15 is 0 Å². The molecule has 0 aliphatic rings. The summed E-state index contributed by atoms with van der Waals surface area (Å²) in [7, 11) is 0. The lowest BCUT2D eigenvalue weighted by Gasteiger charge is -2.10. The van der Waals surface area contributed by atoms with Gasteiger partial charge in [0.05, 0.1) is 10.7 Å². The number of hydrogen-bond donors (Lipinski definition) is 2. The van der Waals surface area contributed by atoms with Crippen molar-refractivity contribution in [1.82, 2.24) is 0 Å². The molecule has 2 aromatic rings. The van der Waals surface area contributed by atoms with E-state index in [0.29, 0.717) is 5.02 Å². The summed E-state index contributed by atoms with van der Waals surface area (Å²) in [5.74, 6) is -0.0206. The highest BCUT2D eigenvalue weighted by Crippen LogP contribution is 2.25. The maximum Gasteiger partial charge on any atom is 0.226 e. The number of amides is 1. The highest BCUT2D eigenvalue weighted by molar-refractivity contribution is 6.33. The molecule has 0 radical (unpaired) electrons. The zero-order valence-electron chi connectivity index (χ0n) is 11.5. The maximum atomic E-state index is 11.6. The smallest absolute Gasteiger partial charge is 0.226 e. The van der Waals surface area contributed by atoms with Gasteiger partial charge in [-0.2, -0.15) is 0 Å². The minimum atomic E-state index is -0.0315. The molecule has 0 aliphatic heterocycles. The van der Waals surface area contributed by atoms with E-state index in [4.69, 9.17) is 11.6 Å². The van der Waals surface area contributed by atoms with Crippen molar-refractivity contribution in [1.29, 1.82) is 0 Å². The second-order valence-electron chi connectivity index (χ2n) is 4.83. The fourth-order valence-electron chi connectivity index (χ4n) is 1.64. The van der Waals surface area contributed by atoms with Crippen molar-refractivity contribution in [3.8, 4) is 0 Å². The Labute approximate surface area is 124 Å². The summed E-state index contributed by atoms with van der Waals surface area (Å²) in [5.41, 5.74) is 2.56. The number of benzene rings is 2. The molecule has 20 heavy (non-hydrogen) atoms. The predicted octanol–water partition coefficient (Wildman–Crippen LogP) is 4.68. The number of anilines is 3. The zero-order valence-corrected chi connectivity index (χ0v) is 12.2. The molecule has 0 aliphatic carbocycles. The first-order chi connectivity index (χ1) is 9.56. The molecule has 0 spiro atoms. The number of nitrogens with one attached hydrogen (secondary N) is 2. The Morgan fingerprint density at radius 1 is 1.00 bits per heavy atom. The summed E-state index contributed by atoms with van der Waals surface area (Å²) in [6.45, 7) is 3.73. The normalized spacial score (nSPS) is 10.4. The van der Waals surface area contributed by atoms with E-state index in [1.54, 1.807) is 0 Å². The van der Waals surface area contributed by atoms with Crippen molar-refractivity contribution >= 4 is 34.6 Å². The lowest BCUT2D eigenvalue weighted by atomic mass is 10.2. The third kappa shape index (κ3) is 3.75. The molecule has 2 N–H and O–H groups in total. The van der Waals surface area contributed by atoms with Crippen molar-refractivity contribution < 1.29 is 4.79 Å². The van der Waals surface area contributed by atoms with Gasteiger partial charge in [0.1, 0.15) is 0 Å². The average Bonchev–Trinajstić information content (AvgIpc) is 2.43. The van der Waals surface area contributed by atoms with Gasteiger partial charge >= 0.3 is 0 Å². The molecule has 2 aromatic carbocycles. The van der Waals surface area contributed by atoms with Crippen molar-refractivity contribution in [2.24, 2.45) is 5.92 Å². The Kier molecular flexibility index (Phi) is 4.64. The van der Waals surface area contributed by atoms with Gasteiger partial charge in [0.25, 0.3) is 0 Å². The van der Waals surface area contributed by atoms with Crippen LogP contribution in [0.4, 0.5) is 17.1 Å². The molecule has 0 aromatic heterocycles. The molecule has 0 fully saturated rings. The van der Waals surface area contributed by atoms with Crippen LogP contribution in [0, 0.1) is 5.92 Å². The van der Waals surface area contributed by atoms with Crippen LogP contribution in [0.5, 0.6) is 0 Å². The molecule has 3 nitrogen and oxygen atoms in total. The molecule has 0 saturated carbocycles. The molecule has 1 amide bonds. The Morgan fingerprint density at radius 3 is 2.20 bits per heavy atom. The monoisotopic (exact) mass is 288 g/mol. The molecule has 2 rings (SSSR count). The van der Waals surface area contributed by atoms with Gasteiger partial charge in [0.15, 0.2) is 0 Å². The van der Waals surface area contributed by atoms with E-state index in [-0.39, 0.29) is 11.8 Å². The number of hydrogen-bond acceptors (Lipinski definition) is 2. The molecule has 0 bridgehead atoms. The van der Waals surface area contributed by atoms with Crippen molar-refractivity contribution in [3.63, 3.8) is 0 Å². The Balaban J connectivity index is 2.05. The summed E-state index contributed by atoms with van der Waals surface area (Å²) >= 11 is 6.09. The molecular weight excluding hydrogens is 272 g/mol. The lowest BCUT2D eigenvalue weighted by Crippen LogP contribution is -2.17. The van der Waals surface area contributed by atoms with E-state index < -0.39 is 0 Å². The Morgan fingerprint density at radius 2 is 1.60 bits per heavy atom. The van der Waals surface area contributed by atoms with Gasteiger partial charge in [-0.05, 0) is 36.4 Å². The SMILES string of the molecule is CC(C)C(=O)Nc1ccc(Nc2ccccc2Cl)cc1. The Bertz CT molecular complexity index is 594. The topological polar surface area (TPSA) is 41.1 Å². The highest BCUT2D eigenvalue weighted by atomic mass is 35.5. The Hall–Kier alpha value is -2.00. The van der Waals surface area contributed by atoms with Gasteiger partial charge in [0.2, 0.25) is 5.91 Å². The molecule has 0 unspecified atom stereocenters. The average molecular weight is 289 g/mol. The van der Waals surface area contributed by atoms with Gasteiger partial charge in [0, 0.05) is 17.3 Å². The van der Waals surface area contributed by atoms with Crippen LogP contribution in [0.25, 0.3) is 0 Å². The quantitative estimate of drug-likeness (QED) is 0.858. The minimum absolute atomic E-state index is 0.0109. The second kappa shape index (κ2) is 6.44. The molecule has 0 atom stereocenters. The van der Waals surface area contributed by atoms with Crippen LogP contribution in [0.1, 0.15) is 13.8 Å². The number of para-hydroxylation sites is 1. The van der Waals surface area contributed by atoms with Crippen LogP contribution in [0.15, 0.2) is 48.5 Å². The summed E-state index contributed by atoms with van der Waals surface area (Å²) in [4.78, 5) is 11.6. The van der Waals surface area contributed by atoms with Gasteiger partial charge in [-0.3, -0.25) is 4.79 Å². The van der Waals surface area contributed by atoms with Gasteiger partial charge in [-0.25, -0.2) is 0 Å². The predicted molar refractivity (Wildman–Crippen MR) is 84.6 cm³/mol. The molecule has 0 heterocycles. The first kappa shape index (κ1) is 14.4. The highest BCUT2D eigenvalue weighted by Gasteiger charge is 2.06. The molecule has 104 valence electrons. The third-order valence-electron chi connectivity index (χ3n) is 2.83. The number of halogens is 1. The first-order valence-corrected chi connectivity index (χ1v) is 6.86. The number of rotatable bonds is 4. The van der Waals surface area contributed by atoms with Crippen molar-refractivity contribution in [2.45, 2.75) is 13.8 Å². The summed E-state index contributed by atoms with van der Waals surface area (Å²) in [6, 6.07) is 15.1. The van der Waals surface area contributed by atoms with E-state index in [2.05, 4.69) is 10.6 Å². The summed E-state index contributed by atoms with van der Waals surface area (Å²) in [5, 5.41) is 6.75. The van der Waals surface area contributed by atoms with Crippen LogP contribution in [-0.2, 0) is 4.79 Å². The summed E-state index contributed by atoms with van der Waals surface area (Å²) in [6.07, 6.45) is 0. The van der Waals surface area contributed by atoms with Gasteiger partial charge in [-0.15, -0.1) is 0 Å². The zero-order chi connectivity index (χ0) is 14.5. The first-order valence-electron chi connectivity index (χ1n) is 6.49. The molecular formula is C16H17ClN2O. The largest absolute Gasteiger partial charge is 0.354 e. The number of carbonyl (C=O) groups is 1. The van der Waals surface area contributed by atoms with Gasteiger partial charge < -0.3 is 10.6 Å². The second-order valence-corrected chi connectivity index (χ2v) is 5.23. The van der Waals surface area contributed by atoms with Crippen molar-refractivity contribution in [2.75, 3.05) is 10.6 Å². The van der Waals surface area contributed by atoms with Crippen LogP contribution in [0.3, 0.4) is 0 Å². The van der Waals surface area contributed by atoms with E-state index in [1.165, 1.54) is 0 Å². The third-order valence-corrected chi connectivity index (χ3v) is 3.16.